The Hall–Kier alpha value is -3.39. The molecule has 0 radical (unpaired) electrons. The van der Waals surface area contributed by atoms with Gasteiger partial charge in [-0.05, 0) is 25.1 Å². The number of thioether (sulfide) groups is 1. The number of alkyl halides is 3. The van der Waals surface area contributed by atoms with Crippen LogP contribution in [0.25, 0.3) is 5.65 Å². The monoisotopic (exact) mass is 497 g/mol. The lowest BCUT2D eigenvalue weighted by Gasteiger charge is -2.09. The van der Waals surface area contributed by atoms with Gasteiger partial charge in [-0.2, -0.15) is 13.2 Å². The van der Waals surface area contributed by atoms with E-state index in [2.05, 4.69) is 20.5 Å². The third kappa shape index (κ3) is 5.70. The second-order valence-electron chi connectivity index (χ2n) is 6.61. The molecule has 0 atom stereocenters. The van der Waals surface area contributed by atoms with Crippen LogP contribution in [0, 0.1) is 6.92 Å². The van der Waals surface area contributed by atoms with Crippen LogP contribution >= 0.6 is 23.1 Å². The van der Waals surface area contributed by atoms with Crippen molar-refractivity contribution >= 4 is 39.8 Å². The SMILES string of the molecule is Cc1cc2nc(CSc3nnc(NC(=O)COc4cccc(C(F)(F)F)c4)s3)cc(=O)n2o1. The average molecular weight is 497 g/mol. The van der Waals surface area contributed by atoms with E-state index in [-0.39, 0.29) is 16.4 Å². The predicted octanol–water partition coefficient (Wildman–Crippen LogP) is 3.78. The van der Waals surface area contributed by atoms with Gasteiger partial charge in [0.1, 0.15) is 11.5 Å². The summed E-state index contributed by atoms with van der Waals surface area (Å²) in [5.41, 5.74) is -0.275. The van der Waals surface area contributed by atoms with Gasteiger partial charge in [0.25, 0.3) is 11.5 Å². The highest BCUT2D eigenvalue weighted by Gasteiger charge is 2.30. The van der Waals surface area contributed by atoms with Crippen molar-refractivity contribution in [2.24, 2.45) is 0 Å². The first-order chi connectivity index (χ1) is 15.7. The van der Waals surface area contributed by atoms with Crippen LogP contribution in [0.4, 0.5) is 18.3 Å². The van der Waals surface area contributed by atoms with Crippen LogP contribution in [0.2, 0.25) is 0 Å². The fraction of sp³-hybridized carbons (Fsp3) is 0.211. The van der Waals surface area contributed by atoms with Crippen molar-refractivity contribution in [3.8, 4) is 5.75 Å². The van der Waals surface area contributed by atoms with E-state index in [4.69, 9.17) is 9.26 Å². The molecule has 1 N–H and O–H groups in total. The molecule has 33 heavy (non-hydrogen) atoms. The Morgan fingerprint density at radius 1 is 1.27 bits per heavy atom. The maximum atomic E-state index is 12.7. The lowest BCUT2D eigenvalue weighted by molar-refractivity contribution is -0.137. The lowest BCUT2D eigenvalue weighted by atomic mass is 10.2. The number of hydrogen-bond donors (Lipinski definition) is 1. The molecule has 0 spiro atoms. The van der Waals surface area contributed by atoms with Crippen LogP contribution in [0.5, 0.6) is 5.75 Å². The van der Waals surface area contributed by atoms with Gasteiger partial charge in [0.05, 0.1) is 11.3 Å². The largest absolute Gasteiger partial charge is 0.484 e. The lowest BCUT2D eigenvalue weighted by Crippen LogP contribution is -2.20. The summed E-state index contributed by atoms with van der Waals surface area (Å²) in [4.78, 5) is 28.4. The minimum Gasteiger partial charge on any atom is -0.484 e. The number of aryl methyl sites for hydroxylation is 1. The molecule has 0 aliphatic rings. The molecule has 0 saturated carbocycles. The minimum atomic E-state index is -4.50. The normalized spacial score (nSPS) is 11.6. The Bertz CT molecular complexity index is 1370. The van der Waals surface area contributed by atoms with Crippen LogP contribution < -0.4 is 15.6 Å². The highest BCUT2D eigenvalue weighted by atomic mass is 32.2. The van der Waals surface area contributed by atoms with Crippen LogP contribution in [-0.4, -0.2) is 32.3 Å². The zero-order valence-electron chi connectivity index (χ0n) is 16.8. The number of nitrogens with one attached hydrogen (secondary N) is 1. The van der Waals surface area contributed by atoms with Crippen LogP contribution in [0.15, 0.2) is 50.1 Å². The van der Waals surface area contributed by atoms with Crippen molar-refractivity contribution in [2.45, 2.75) is 23.2 Å². The summed E-state index contributed by atoms with van der Waals surface area (Å²) < 4.78 is 50.2. The molecular weight excluding hydrogens is 483 g/mol. The van der Waals surface area contributed by atoms with E-state index in [1.807, 2.05) is 0 Å². The zero-order valence-corrected chi connectivity index (χ0v) is 18.4. The first-order valence-corrected chi connectivity index (χ1v) is 11.0. The summed E-state index contributed by atoms with van der Waals surface area (Å²) in [7, 11) is 0. The molecule has 9 nitrogen and oxygen atoms in total. The minimum absolute atomic E-state index is 0.0818. The number of rotatable bonds is 7. The van der Waals surface area contributed by atoms with Gasteiger partial charge in [-0.25, -0.2) is 4.98 Å². The molecule has 172 valence electrons. The van der Waals surface area contributed by atoms with E-state index in [1.54, 1.807) is 13.0 Å². The van der Waals surface area contributed by atoms with Gasteiger partial charge in [0, 0.05) is 17.9 Å². The highest BCUT2D eigenvalue weighted by Crippen LogP contribution is 2.31. The summed E-state index contributed by atoms with van der Waals surface area (Å²) in [6, 6.07) is 7.25. The Labute approximate surface area is 191 Å². The zero-order chi connectivity index (χ0) is 23.6. The van der Waals surface area contributed by atoms with Crippen LogP contribution in [0.1, 0.15) is 17.0 Å². The molecule has 0 bridgehead atoms. The van der Waals surface area contributed by atoms with E-state index in [0.717, 1.165) is 28.0 Å². The highest BCUT2D eigenvalue weighted by molar-refractivity contribution is 8.00. The van der Waals surface area contributed by atoms with E-state index in [0.29, 0.717) is 27.2 Å². The molecule has 1 amide bonds. The molecule has 0 saturated heterocycles. The van der Waals surface area contributed by atoms with Crippen LogP contribution in [0.3, 0.4) is 0 Å². The van der Waals surface area contributed by atoms with E-state index >= 15 is 0 Å². The maximum Gasteiger partial charge on any atom is 0.416 e. The summed E-state index contributed by atoms with van der Waals surface area (Å²) in [5, 5.41) is 10.5. The second-order valence-corrected chi connectivity index (χ2v) is 8.81. The van der Waals surface area contributed by atoms with E-state index < -0.39 is 24.3 Å². The van der Waals surface area contributed by atoms with Crippen LogP contribution in [-0.2, 0) is 16.7 Å². The Balaban J connectivity index is 1.31. The van der Waals surface area contributed by atoms with Crippen molar-refractivity contribution in [2.75, 3.05) is 11.9 Å². The standard InChI is InChI=1S/C19H14F3N5O4S2/c1-10-5-14-23-12(7-16(29)27(14)31-10)9-32-18-26-25-17(33-18)24-15(28)8-30-13-4-2-3-11(6-13)19(20,21)22/h2-7H,8-9H2,1H3,(H,24,25,28). The van der Waals surface area contributed by atoms with Crippen molar-refractivity contribution in [3.05, 3.63) is 63.8 Å². The first-order valence-electron chi connectivity index (χ1n) is 9.23. The van der Waals surface area contributed by atoms with Gasteiger partial charge >= 0.3 is 6.18 Å². The van der Waals surface area contributed by atoms with Gasteiger partial charge in [-0.1, -0.05) is 29.2 Å². The molecule has 3 heterocycles. The number of amides is 1. The van der Waals surface area contributed by atoms with Crippen molar-refractivity contribution in [1.82, 2.24) is 19.8 Å². The summed E-state index contributed by atoms with van der Waals surface area (Å²) >= 11 is 2.37. The fourth-order valence-electron chi connectivity index (χ4n) is 2.67. The number of carbonyl (C=O) groups is 1. The summed E-state index contributed by atoms with van der Waals surface area (Å²) in [5.74, 6) is 0.222. The third-order valence-corrected chi connectivity index (χ3v) is 6.06. The van der Waals surface area contributed by atoms with Crippen molar-refractivity contribution in [1.29, 1.82) is 0 Å². The number of hydrogen-bond acceptors (Lipinski definition) is 9. The average Bonchev–Trinajstić information content (AvgIpc) is 3.36. The topological polar surface area (TPSA) is 112 Å². The summed E-state index contributed by atoms with van der Waals surface area (Å²) in [6.45, 7) is 1.21. The first kappa shape index (κ1) is 22.8. The quantitative estimate of drug-likeness (QED) is 0.303. The van der Waals surface area contributed by atoms with Gasteiger partial charge < -0.3 is 9.26 Å². The smallest absolute Gasteiger partial charge is 0.416 e. The number of aromatic nitrogens is 4. The number of ether oxygens (including phenoxy) is 1. The number of halogens is 3. The van der Waals surface area contributed by atoms with Crippen molar-refractivity contribution in [3.63, 3.8) is 0 Å². The molecular formula is C19H14F3N5O4S2. The Morgan fingerprint density at radius 3 is 2.88 bits per heavy atom. The van der Waals surface area contributed by atoms with Gasteiger partial charge in [0.2, 0.25) is 5.13 Å². The Morgan fingerprint density at radius 2 is 2.09 bits per heavy atom. The molecule has 4 aromatic rings. The number of benzene rings is 1. The van der Waals surface area contributed by atoms with Gasteiger partial charge in [0.15, 0.2) is 16.6 Å². The van der Waals surface area contributed by atoms with Gasteiger partial charge in [-0.3, -0.25) is 14.9 Å². The number of carbonyl (C=O) groups excluding carboxylic acids is 1. The van der Waals surface area contributed by atoms with E-state index in [1.165, 1.54) is 30.0 Å². The molecule has 0 aliphatic carbocycles. The molecule has 1 aromatic carbocycles. The molecule has 0 unspecified atom stereocenters. The molecule has 14 heteroatoms. The molecule has 4 rings (SSSR count). The number of anilines is 1. The predicted molar refractivity (Wildman–Crippen MR) is 114 cm³/mol. The second kappa shape index (κ2) is 9.23. The third-order valence-electron chi connectivity index (χ3n) is 4.05. The van der Waals surface area contributed by atoms with Crippen molar-refractivity contribution < 1.29 is 27.2 Å². The molecule has 0 aliphatic heterocycles. The van der Waals surface area contributed by atoms with E-state index in [9.17, 15) is 22.8 Å². The Kier molecular flexibility index (Phi) is 6.37. The summed E-state index contributed by atoms with van der Waals surface area (Å²) in [6.07, 6.45) is -4.50. The molecule has 3 aromatic heterocycles. The molecule has 0 fully saturated rings. The number of nitrogens with zero attached hydrogens (tertiary/aromatic N) is 4. The van der Waals surface area contributed by atoms with Gasteiger partial charge in [-0.15, -0.1) is 14.8 Å². The number of fused-ring (bicyclic) bond motifs is 1. The maximum absolute atomic E-state index is 12.7. The fourth-order valence-corrected chi connectivity index (χ4v) is 4.33.